The number of pyridine rings is 1. The van der Waals surface area contributed by atoms with E-state index in [9.17, 15) is 27.4 Å². The fourth-order valence-electron chi connectivity index (χ4n) is 14.1. The SMILES string of the molecule is [2H]c1c([2H])c([2H])c(-c2cccc3c2-c2ccccc2-c2cc(-c4c([2H])c([2H])c([2H])c([Si](c5c([2H])c([2H])c([2H])c([2H])c5[2H])(c5c([2H])c([2H])c([2H])c([2H])c5[2H])c5c([2H])c([2H])c([2H])c([2H])c5[2H])c4[2H])cc4c2[n+]([c-]n4-c2[c-]c(Oc4[c-]c5c(cc4)c4ccccc4n5-c4cc(C(C)(C)C)ccn4)ccc2)-c2c(-c4cc(C(C)(C)C)cc(C(C)(C)C)c4)cccc2-3)c([2H])c1[2H].[Pt]. The van der Waals surface area contributed by atoms with E-state index >= 15 is 0 Å². The van der Waals surface area contributed by atoms with Gasteiger partial charge >= 0.3 is 0 Å². The molecule has 1 aliphatic heterocycles. The summed E-state index contributed by atoms with van der Waals surface area (Å²) >= 11 is 0. The molecule has 4 heterocycles. The second-order valence-corrected chi connectivity index (χ2v) is 32.0. The summed E-state index contributed by atoms with van der Waals surface area (Å²) in [5, 5.41) is -2.23. The minimum atomic E-state index is -6.42. The molecule has 1 aliphatic rings. The predicted octanol–water partition coefficient (Wildman–Crippen LogP) is 21.2. The van der Waals surface area contributed by atoms with Gasteiger partial charge in [0.05, 0.1) is 49.6 Å². The number of aromatic nitrogens is 4. The maximum atomic E-state index is 11.3. The molecule has 0 radical (unpaired) electrons. The van der Waals surface area contributed by atoms with Crippen molar-refractivity contribution >= 4 is 61.7 Å². The molecule has 0 atom stereocenters. The van der Waals surface area contributed by atoms with Crippen LogP contribution in [0, 0.1) is 18.5 Å². The summed E-state index contributed by atoms with van der Waals surface area (Å²) in [4.78, 5) is 4.90. The average molecular weight is 1550 g/mol. The van der Waals surface area contributed by atoms with E-state index in [2.05, 4.69) is 105 Å². The van der Waals surface area contributed by atoms with Gasteiger partial charge in [0.2, 0.25) is 0 Å². The van der Waals surface area contributed by atoms with E-state index in [1.54, 1.807) is 83.6 Å². The smallest absolute Gasteiger partial charge is 0.268 e. The van der Waals surface area contributed by atoms with E-state index < -0.39 is 190 Å². The molecule has 0 unspecified atom stereocenters. The molecule has 0 amide bonds. The first kappa shape index (κ1) is 44.4. The maximum Gasteiger partial charge on any atom is 0.268 e. The van der Waals surface area contributed by atoms with Gasteiger partial charge in [-0.2, -0.15) is 18.2 Å². The van der Waals surface area contributed by atoms with Crippen molar-refractivity contribution in [2.24, 2.45) is 0 Å². The van der Waals surface area contributed by atoms with Crippen molar-refractivity contribution in [2.45, 2.75) is 78.6 Å². The van der Waals surface area contributed by atoms with Crippen LogP contribution in [0.1, 0.15) is 112 Å². The van der Waals surface area contributed by atoms with Crippen molar-refractivity contribution in [3.63, 3.8) is 0 Å². The van der Waals surface area contributed by atoms with Crippen LogP contribution in [0.3, 0.4) is 0 Å². The first-order valence-electron chi connectivity index (χ1n) is 45.5. The maximum absolute atomic E-state index is 11.3. The van der Waals surface area contributed by atoms with Crippen molar-refractivity contribution in [1.82, 2.24) is 14.1 Å². The number of hydrogen-bond acceptors (Lipinski definition) is 2. The van der Waals surface area contributed by atoms with Crippen LogP contribution >= 0.6 is 0 Å². The fraction of sp³-hybridized carbons (Fsp3) is 0.125. The molecule has 3 aromatic heterocycles. The quantitative estimate of drug-likeness (QED) is 0.0560. The third-order valence-electron chi connectivity index (χ3n) is 19.1. The van der Waals surface area contributed by atoms with E-state index in [0.717, 1.165) is 38.5 Å². The van der Waals surface area contributed by atoms with Crippen molar-refractivity contribution in [1.29, 1.82) is 0 Å². The minimum Gasteiger partial charge on any atom is -0.510 e. The number of benzene rings is 13. The topological polar surface area (TPSA) is 35.9 Å². The Hall–Kier alpha value is -11.0. The van der Waals surface area contributed by atoms with Crippen LogP contribution in [0.2, 0.25) is 0 Å². The van der Waals surface area contributed by atoms with Gasteiger partial charge in [-0.25, -0.2) is 4.98 Å². The predicted molar refractivity (Wildman–Crippen MR) is 426 cm³/mol. The number of fused-ring (bicyclic) bond motifs is 10. The Kier molecular flexibility index (Phi) is 11.2. The second kappa shape index (κ2) is 26.1. The Labute approximate surface area is 654 Å². The van der Waals surface area contributed by atoms with Crippen LogP contribution in [0.25, 0.3) is 117 Å². The van der Waals surface area contributed by atoms with E-state index in [4.69, 9.17) is 15.2 Å². The summed E-state index contributed by atoms with van der Waals surface area (Å²) in [6.07, 6.45) is 5.58. The van der Waals surface area contributed by atoms with Crippen LogP contribution in [0.4, 0.5) is 0 Å². The first-order chi connectivity index (χ1) is 59.4. The normalized spacial score (nSPS) is 15.5. The number of nitrogens with zero attached hydrogens (tertiary/aromatic N) is 4. The molecule has 0 saturated heterocycles. The van der Waals surface area contributed by atoms with Gasteiger partial charge in [0.1, 0.15) is 5.82 Å². The van der Waals surface area contributed by atoms with Crippen LogP contribution in [0.15, 0.2) is 309 Å². The number of hydrogen-bond donors (Lipinski definition) is 0. The molecule has 0 spiro atoms. The summed E-state index contributed by atoms with van der Waals surface area (Å²) in [6.45, 7) is 19.1. The average Bonchev–Trinajstić information content (AvgIpc) is 1.22. The van der Waals surface area contributed by atoms with Gasteiger partial charge < -0.3 is 13.9 Å². The van der Waals surface area contributed by atoms with Crippen molar-refractivity contribution in [2.75, 3.05) is 0 Å². The van der Waals surface area contributed by atoms with Crippen molar-refractivity contribution in [3.05, 3.63) is 344 Å². The van der Waals surface area contributed by atoms with E-state index in [1.807, 2.05) is 69.8 Å². The molecule has 17 rings (SSSR count). The molecule has 504 valence electrons. The molecule has 16 aromatic rings. The number of ether oxygens (including phenoxy) is 1. The Bertz CT molecular complexity index is 7150. The number of para-hydroxylation sites is 2. The molecule has 103 heavy (non-hydrogen) atoms. The summed E-state index contributed by atoms with van der Waals surface area (Å²) in [5.74, 6) is 1.09. The Morgan fingerprint density at radius 3 is 1.65 bits per heavy atom. The zero-order valence-electron chi connectivity index (χ0n) is 81.6. The van der Waals surface area contributed by atoms with E-state index in [-0.39, 0.29) is 71.4 Å². The molecule has 0 saturated carbocycles. The van der Waals surface area contributed by atoms with Crippen LogP contribution in [0.5, 0.6) is 11.5 Å². The molecular formula is C96H78N4OPtSi-2. The number of rotatable bonds is 11. The molecule has 0 bridgehead atoms. The van der Waals surface area contributed by atoms with Crippen molar-refractivity contribution < 1.29 is 63.3 Å². The summed E-state index contributed by atoms with van der Waals surface area (Å²) < 4.78 is 244. The van der Waals surface area contributed by atoms with Crippen LogP contribution in [-0.4, -0.2) is 22.2 Å². The molecule has 5 nitrogen and oxygen atoms in total. The van der Waals surface area contributed by atoms with E-state index in [1.165, 1.54) is 0 Å². The summed E-state index contributed by atoms with van der Waals surface area (Å²) in [6, 6.07) is 32.2. The van der Waals surface area contributed by atoms with Crippen LogP contribution < -0.4 is 30.1 Å². The zero-order chi connectivity index (χ0) is 90.5. The second-order valence-electron chi connectivity index (χ2n) is 28.5. The zero-order valence-corrected chi connectivity index (χ0v) is 60.9. The summed E-state index contributed by atoms with van der Waals surface area (Å²) in [7, 11) is -6.42. The van der Waals surface area contributed by atoms with Crippen molar-refractivity contribution in [3.8, 4) is 95.5 Å². The number of imidazole rings is 1. The third-order valence-corrected chi connectivity index (χ3v) is 23.1. The van der Waals surface area contributed by atoms with Gasteiger partial charge in [0.15, 0.2) is 8.07 Å². The molecule has 0 aliphatic carbocycles. The Balaban J connectivity index is 0.0000119. The molecule has 0 N–H and O–H groups in total. The standard InChI is InChI=1S/C96H78N4OSi.Pt/c1-94(2,3)68-52-53-97-90(60-68)100-87-49-25-24-43-81(87)82-51-50-73(62-88(82)100)101-72-34-27-33-71(61-72)98-63-99-92-79(67-54-69(95(4,5)6)59-70(55-67)96(7,8)9)46-29-48-85(92)84-47-28-45-78(64-30-14-10-15-31-64)91(84)83-44-23-22-42-80(83)86-57-66(58-89(98)93(86)99)65-32-26-41-77(56-65)102(74-35-16-11-17-36-74,75-37-18-12-19-38-75)76-39-20-13-21-40-76;/h10-60H,1-9H3;/q-2;/i10D,11D,12D,13D,14D,15D,16D,17D,18D,19D,20D,21D,26D,30D,31D,32D,35D,36D,37D,38D,39D,40D,41D,56D;. The molecule has 7 heteroatoms. The van der Waals surface area contributed by atoms with Gasteiger partial charge in [-0.1, -0.05) is 316 Å². The van der Waals surface area contributed by atoms with Gasteiger partial charge in [-0.3, -0.25) is 4.57 Å². The third kappa shape index (κ3) is 11.7. The van der Waals surface area contributed by atoms with E-state index in [0.29, 0.717) is 55.9 Å². The summed E-state index contributed by atoms with van der Waals surface area (Å²) in [5.41, 5.74) is 7.74. The van der Waals surface area contributed by atoms with Gasteiger partial charge in [-0.05, 0) is 156 Å². The monoisotopic (exact) mass is 1550 g/mol. The Morgan fingerprint density at radius 2 is 0.981 bits per heavy atom. The molecule has 0 fully saturated rings. The first-order valence-corrected chi connectivity index (χ1v) is 35.5. The van der Waals surface area contributed by atoms with Crippen LogP contribution in [-0.2, 0) is 37.3 Å². The largest absolute Gasteiger partial charge is 0.510 e. The molecular weight excluding hydrogens is 1450 g/mol. The minimum absolute atomic E-state index is 0. The van der Waals surface area contributed by atoms with Gasteiger partial charge in [-0.15, -0.1) is 29.7 Å². The van der Waals surface area contributed by atoms with Gasteiger partial charge in [0.25, 0.3) is 6.33 Å². The van der Waals surface area contributed by atoms with Gasteiger partial charge in [0, 0.05) is 44.3 Å². The molecule has 13 aromatic carbocycles. The fourth-order valence-corrected chi connectivity index (χ4v) is 17.6. The Morgan fingerprint density at radius 1 is 0.417 bits per heavy atom.